The monoisotopic (exact) mass is 480 g/mol. The molecule has 186 valence electrons. The van der Waals surface area contributed by atoms with E-state index in [-0.39, 0.29) is 23.3 Å². The van der Waals surface area contributed by atoms with E-state index in [0.717, 1.165) is 17.7 Å². The fraction of sp³-hybridized carbons (Fsp3) is 0.625. The zero-order valence-corrected chi connectivity index (χ0v) is 19.7. The lowest BCUT2D eigenvalue weighted by molar-refractivity contribution is -0.137. The molecule has 1 N–H and O–H groups in total. The van der Waals surface area contributed by atoms with Gasteiger partial charge in [-0.2, -0.15) is 18.2 Å². The molecule has 1 aromatic heterocycles. The molecule has 2 atom stereocenters. The number of rotatable bonds is 2. The number of likely N-dealkylation sites (tertiary alicyclic amines) is 2. The number of aromatic nitrogens is 2. The van der Waals surface area contributed by atoms with Gasteiger partial charge in [-0.1, -0.05) is 38.1 Å². The molecule has 0 saturated carbocycles. The summed E-state index contributed by atoms with van der Waals surface area (Å²) >= 11 is 0. The lowest BCUT2D eigenvalue weighted by Gasteiger charge is -2.40. The molecule has 2 aliphatic heterocycles. The minimum absolute atomic E-state index is 0.135. The Morgan fingerprint density at radius 1 is 1.03 bits per heavy atom. The van der Waals surface area contributed by atoms with Gasteiger partial charge in [-0.3, -0.25) is 0 Å². The maximum atomic E-state index is 13.3. The third-order valence-electron chi connectivity index (χ3n) is 6.63. The Morgan fingerprint density at radius 3 is 2.21 bits per heavy atom. The number of amides is 2. The van der Waals surface area contributed by atoms with Crippen molar-refractivity contribution in [3.8, 4) is 0 Å². The number of piperidine rings is 2. The van der Waals surface area contributed by atoms with Crippen molar-refractivity contribution in [3.05, 3.63) is 47.1 Å². The van der Waals surface area contributed by atoms with Crippen LogP contribution in [0.15, 0.2) is 28.8 Å². The van der Waals surface area contributed by atoms with E-state index in [2.05, 4.69) is 10.1 Å². The number of carbonyl (C=O) groups excluding carboxylic acids is 1. The Hall–Kier alpha value is -2.62. The summed E-state index contributed by atoms with van der Waals surface area (Å²) in [7, 11) is 0. The highest BCUT2D eigenvalue weighted by atomic mass is 19.4. The van der Waals surface area contributed by atoms with Crippen molar-refractivity contribution in [3.63, 3.8) is 0 Å². The number of nitrogens with zero attached hydrogens (tertiary/aromatic N) is 4. The maximum absolute atomic E-state index is 13.3. The van der Waals surface area contributed by atoms with Gasteiger partial charge in [-0.25, -0.2) is 4.79 Å². The molecule has 3 heterocycles. The van der Waals surface area contributed by atoms with Crippen LogP contribution >= 0.6 is 0 Å². The van der Waals surface area contributed by atoms with Crippen LogP contribution in [0.5, 0.6) is 0 Å². The predicted molar refractivity (Wildman–Crippen MR) is 118 cm³/mol. The number of benzene rings is 1. The quantitative estimate of drug-likeness (QED) is 0.683. The van der Waals surface area contributed by atoms with Crippen molar-refractivity contribution < 1.29 is 27.6 Å². The Morgan fingerprint density at radius 2 is 1.65 bits per heavy atom. The van der Waals surface area contributed by atoms with Crippen molar-refractivity contribution in [2.75, 3.05) is 26.2 Å². The number of hydrogen-bond acceptors (Lipinski definition) is 5. The summed E-state index contributed by atoms with van der Waals surface area (Å²) in [6, 6.07) is 5.02. The van der Waals surface area contributed by atoms with Gasteiger partial charge in [-0.15, -0.1) is 0 Å². The van der Waals surface area contributed by atoms with E-state index in [1.165, 1.54) is 12.1 Å². The molecule has 2 saturated heterocycles. The summed E-state index contributed by atoms with van der Waals surface area (Å²) in [5.41, 5.74) is -0.261. The lowest BCUT2D eigenvalue weighted by Crippen LogP contribution is -2.51. The Balaban J connectivity index is 1.59. The third-order valence-corrected chi connectivity index (χ3v) is 6.63. The molecular formula is C24H31F3N4O3. The van der Waals surface area contributed by atoms with Crippen LogP contribution in [0.25, 0.3) is 0 Å². The van der Waals surface area contributed by atoms with E-state index in [9.17, 15) is 23.1 Å². The molecule has 0 radical (unpaired) electrons. The zero-order chi connectivity index (χ0) is 24.7. The van der Waals surface area contributed by atoms with Crippen LogP contribution in [0.2, 0.25) is 0 Å². The third kappa shape index (κ3) is 5.37. The molecule has 7 nitrogen and oxygen atoms in total. The van der Waals surface area contributed by atoms with E-state index >= 15 is 0 Å². The lowest BCUT2D eigenvalue weighted by atomic mass is 9.84. The number of aliphatic hydroxyl groups excluding tert-OH is 1. The van der Waals surface area contributed by atoms with Crippen molar-refractivity contribution in [2.24, 2.45) is 0 Å². The number of aliphatic hydroxyl groups is 1. The fourth-order valence-electron chi connectivity index (χ4n) is 4.58. The number of urea groups is 1. The second kappa shape index (κ2) is 9.20. The summed E-state index contributed by atoms with van der Waals surface area (Å²) in [5.74, 6) is 0.602. The van der Waals surface area contributed by atoms with Crippen LogP contribution < -0.4 is 0 Å². The highest BCUT2D eigenvalue weighted by molar-refractivity contribution is 5.75. The fourth-order valence-corrected chi connectivity index (χ4v) is 4.58. The van der Waals surface area contributed by atoms with Crippen LogP contribution in [0.4, 0.5) is 18.0 Å². The van der Waals surface area contributed by atoms with Crippen molar-refractivity contribution in [1.29, 1.82) is 0 Å². The van der Waals surface area contributed by atoms with Crippen LogP contribution in [0.1, 0.15) is 74.7 Å². The molecule has 0 bridgehead atoms. The molecule has 0 aliphatic carbocycles. The highest BCUT2D eigenvalue weighted by Crippen LogP contribution is 2.38. The molecule has 1 aromatic carbocycles. The molecule has 2 aromatic rings. The number of halogens is 3. The van der Waals surface area contributed by atoms with E-state index in [0.29, 0.717) is 57.2 Å². The molecule has 34 heavy (non-hydrogen) atoms. The van der Waals surface area contributed by atoms with E-state index in [1.807, 2.05) is 20.8 Å². The summed E-state index contributed by atoms with van der Waals surface area (Å²) in [6.07, 6.45) is -3.15. The van der Waals surface area contributed by atoms with E-state index in [4.69, 9.17) is 4.52 Å². The molecule has 2 unspecified atom stereocenters. The van der Waals surface area contributed by atoms with Gasteiger partial charge in [0.25, 0.3) is 0 Å². The number of hydrogen-bond donors (Lipinski definition) is 1. The van der Waals surface area contributed by atoms with E-state index in [1.54, 1.807) is 9.80 Å². The van der Waals surface area contributed by atoms with E-state index < -0.39 is 17.8 Å². The number of carbonyl (C=O) groups is 1. The maximum Gasteiger partial charge on any atom is 0.416 e. The normalized spacial score (nSPS) is 22.8. The SMILES string of the molecule is CC(C)(C)c1noc(C2CC(c3ccc(C(F)(F)F)cc3)CN(C(=O)N3CCC(O)CC3)C2)n1. The van der Waals surface area contributed by atoms with Crippen LogP contribution in [0, 0.1) is 0 Å². The van der Waals surface area contributed by atoms with Crippen LogP contribution in [-0.2, 0) is 11.6 Å². The topological polar surface area (TPSA) is 82.7 Å². The Bertz CT molecular complexity index is 992. The summed E-state index contributed by atoms with van der Waals surface area (Å²) < 4.78 is 44.7. The first-order valence-corrected chi connectivity index (χ1v) is 11.6. The Labute approximate surface area is 196 Å². The largest absolute Gasteiger partial charge is 0.416 e. The molecule has 2 amide bonds. The molecule has 4 rings (SSSR count). The smallest absolute Gasteiger partial charge is 0.393 e. The predicted octanol–water partition coefficient (Wildman–Crippen LogP) is 4.54. The van der Waals surface area contributed by atoms with Crippen LogP contribution in [0.3, 0.4) is 0 Å². The van der Waals surface area contributed by atoms with Gasteiger partial charge >= 0.3 is 12.2 Å². The second-order valence-corrected chi connectivity index (χ2v) is 10.4. The van der Waals surface area contributed by atoms with Crippen LogP contribution in [-0.4, -0.2) is 63.4 Å². The summed E-state index contributed by atoms with van der Waals surface area (Å²) in [6.45, 7) is 7.67. The van der Waals surface area contributed by atoms with Gasteiger partial charge in [0.15, 0.2) is 5.82 Å². The second-order valence-electron chi connectivity index (χ2n) is 10.4. The van der Waals surface area contributed by atoms with Gasteiger partial charge in [0.1, 0.15) is 0 Å². The molecule has 2 aliphatic rings. The molecule has 2 fully saturated rings. The molecular weight excluding hydrogens is 449 g/mol. The zero-order valence-electron chi connectivity index (χ0n) is 19.7. The standard InChI is InChI=1S/C24H31F3N4O3/c1-23(2,3)21-28-20(34-29-21)17-12-16(15-4-6-18(7-5-15)24(25,26)27)13-31(14-17)22(33)30-10-8-19(32)9-11-30/h4-7,16-17,19,32H,8-14H2,1-3H3. The van der Waals surface area contributed by atoms with Gasteiger partial charge in [0.2, 0.25) is 5.89 Å². The van der Waals surface area contributed by atoms with Crippen molar-refractivity contribution in [1.82, 2.24) is 19.9 Å². The van der Waals surface area contributed by atoms with Gasteiger partial charge in [0.05, 0.1) is 17.6 Å². The molecule has 10 heteroatoms. The summed E-state index contributed by atoms with van der Waals surface area (Å²) in [4.78, 5) is 21.4. The van der Waals surface area contributed by atoms with Gasteiger partial charge < -0.3 is 19.4 Å². The first-order valence-electron chi connectivity index (χ1n) is 11.6. The van der Waals surface area contributed by atoms with Crippen molar-refractivity contribution in [2.45, 2.75) is 69.6 Å². The van der Waals surface area contributed by atoms with Crippen molar-refractivity contribution >= 4 is 6.03 Å². The molecule has 0 spiro atoms. The summed E-state index contributed by atoms with van der Waals surface area (Å²) in [5, 5.41) is 13.9. The average molecular weight is 481 g/mol. The van der Waals surface area contributed by atoms with Gasteiger partial charge in [0, 0.05) is 37.5 Å². The first kappa shape index (κ1) is 24.5. The highest BCUT2D eigenvalue weighted by Gasteiger charge is 2.38. The minimum Gasteiger partial charge on any atom is -0.393 e. The first-order chi connectivity index (χ1) is 15.9. The Kier molecular flexibility index (Phi) is 6.63. The minimum atomic E-state index is -4.40. The average Bonchev–Trinajstić information content (AvgIpc) is 3.29. The van der Waals surface area contributed by atoms with Gasteiger partial charge in [-0.05, 0) is 37.0 Å². The number of alkyl halides is 3.